The number of likely N-dealkylation sites (tertiary alicyclic amines) is 2. The fraction of sp³-hybridized carbons (Fsp3) is 0.600. The van der Waals surface area contributed by atoms with E-state index in [1.54, 1.807) is 0 Å². The summed E-state index contributed by atoms with van der Waals surface area (Å²) >= 11 is 0. The Morgan fingerprint density at radius 1 is 0.923 bits per heavy atom. The molecule has 2 fully saturated rings. The Kier molecular flexibility index (Phi) is 8.06. The van der Waals surface area contributed by atoms with E-state index in [0.29, 0.717) is 0 Å². The highest BCUT2D eigenvalue weighted by molar-refractivity contribution is 6.27. The molecule has 0 bridgehead atoms. The van der Waals surface area contributed by atoms with Crippen molar-refractivity contribution in [2.45, 2.75) is 51.6 Å². The van der Waals surface area contributed by atoms with Crippen molar-refractivity contribution in [3.05, 3.63) is 35.4 Å². The van der Waals surface area contributed by atoms with Gasteiger partial charge in [0.05, 0.1) is 0 Å². The molecule has 0 saturated carbocycles. The van der Waals surface area contributed by atoms with E-state index >= 15 is 0 Å². The van der Waals surface area contributed by atoms with Crippen LogP contribution < -0.4 is 0 Å². The van der Waals surface area contributed by atoms with Crippen molar-refractivity contribution < 1.29 is 19.8 Å². The lowest BCUT2D eigenvalue weighted by Crippen LogP contribution is -2.43. The van der Waals surface area contributed by atoms with Gasteiger partial charge < -0.3 is 15.1 Å². The average molecular weight is 362 g/mol. The van der Waals surface area contributed by atoms with E-state index in [4.69, 9.17) is 19.8 Å². The van der Waals surface area contributed by atoms with E-state index < -0.39 is 11.9 Å². The number of benzene rings is 1. The van der Waals surface area contributed by atoms with Crippen LogP contribution in [0.1, 0.15) is 43.7 Å². The number of piperidine rings is 1. The monoisotopic (exact) mass is 362 g/mol. The second-order valence-electron chi connectivity index (χ2n) is 7.03. The molecule has 2 N–H and O–H groups in total. The van der Waals surface area contributed by atoms with E-state index in [9.17, 15) is 0 Å². The standard InChI is InChI=1S/C18H28N2.C2H2O4/c1-2-16-5-7-17(8-6-16)15-19-13-9-18(10-14-19)20-11-3-4-12-20;3-1(4)2(5)6/h5-8,18H,2-4,9-15H2,1H3;(H,3,4)(H,5,6). The minimum absolute atomic E-state index is 0.871. The van der Waals surface area contributed by atoms with Gasteiger partial charge in [0.2, 0.25) is 0 Å². The van der Waals surface area contributed by atoms with Crippen molar-refractivity contribution in [2.75, 3.05) is 26.2 Å². The predicted molar refractivity (Wildman–Crippen MR) is 100 cm³/mol. The third-order valence-electron chi connectivity index (χ3n) is 5.23. The Bertz CT molecular complexity index is 562. The predicted octanol–water partition coefficient (Wildman–Crippen LogP) is 2.46. The first-order chi connectivity index (χ1) is 12.5. The molecule has 1 aromatic rings. The van der Waals surface area contributed by atoms with Crippen molar-refractivity contribution in [1.82, 2.24) is 9.80 Å². The highest BCUT2D eigenvalue weighted by Gasteiger charge is 2.26. The van der Waals surface area contributed by atoms with E-state index in [0.717, 1.165) is 19.0 Å². The maximum atomic E-state index is 9.10. The van der Waals surface area contributed by atoms with Gasteiger partial charge in [-0.25, -0.2) is 9.59 Å². The zero-order valence-electron chi connectivity index (χ0n) is 15.6. The molecule has 2 aliphatic heterocycles. The number of rotatable bonds is 4. The lowest BCUT2D eigenvalue weighted by Gasteiger charge is -2.36. The molecule has 0 unspecified atom stereocenters. The minimum Gasteiger partial charge on any atom is -0.473 e. The molecule has 144 valence electrons. The van der Waals surface area contributed by atoms with Crippen LogP contribution in [0, 0.1) is 0 Å². The van der Waals surface area contributed by atoms with Crippen molar-refractivity contribution in [1.29, 1.82) is 0 Å². The highest BCUT2D eigenvalue weighted by atomic mass is 16.4. The van der Waals surface area contributed by atoms with Crippen molar-refractivity contribution >= 4 is 11.9 Å². The molecule has 2 heterocycles. The molecule has 0 spiro atoms. The maximum Gasteiger partial charge on any atom is 0.414 e. The van der Waals surface area contributed by atoms with Crippen molar-refractivity contribution in [3.63, 3.8) is 0 Å². The summed E-state index contributed by atoms with van der Waals surface area (Å²) < 4.78 is 0. The summed E-state index contributed by atoms with van der Waals surface area (Å²) in [5.74, 6) is -3.65. The van der Waals surface area contributed by atoms with Crippen LogP contribution in [0.4, 0.5) is 0 Å². The van der Waals surface area contributed by atoms with Gasteiger partial charge in [-0.2, -0.15) is 0 Å². The van der Waals surface area contributed by atoms with E-state index in [1.165, 1.54) is 63.0 Å². The van der Waals surface area contributed by atoms with Gasteiger partial charge in [0.1, 0.15) is 0 Å². The zero-order valence-corrected chi connectivity index (χ0v) is 15.6. The molecule has 2 aliphatic rings. The number of aliphatic carboxylic acids is 2. The number of hydrogen-bond donors (Lipinski definition) is 2. The van der Waals surface area contributed by atoms with Gasteiger partial charge in [-0.1, -0.05) is 31.2 Å². The Labute approximate surface area is 155 Å². The largest absolute Gasteiger partial charge is 0.473 e. The molecule has 6 heteroatoms. The first kappa shape index (κ1) is 20.4. The van der Waals surface area contributed by atoms with Crippen molar-refractivity contribution in [2.24, 2.45) is 0 Å². The van der Waals surface area contributed by atoms with Crippen LogP contribution in [-0.2, 0) is 22.6 Å². The minimum atomic E-state index is -1.82. The van der Waals surface area contributed by atoms with Gasteiger partial charge in [-0.15, -0.1) is 0 Å². The average Bonchev–Trinajstić information content (AvgIpc) is 3.18. The molecule has 0 atom stereocenters. The molecule has 2 saturated heterocycles. The lowest BCUT2D eigenvalue weighted by atomic mass is 10.0. The molecule has 3 rings (SSSR count). The van der Waals surface area contributed by atoms with Gasteiger partial charge in [-0.05, 0) is 69.4 Å². The lowest BCUT2D eigenvalue weighted by molar-refractivity contribution is -0.159. The first-order valence-electron chi connectivity index (χ1n) is 9.50. The van der Waals surface area contributed by atoms with Gasteiger partial charge in [0, 0.05) is 12.6 Å². The summed E-state index contributed by atoms with van der Waals surface area (Å²) in [6.45, 7) is 8.61. The smallest absolute Gasteiger partial charge is 0.414 e. The number of aryl methyl sites for hydroxylation is 1. The van der Waals surface area contributed by atoms with Crippen LogP contribution in [-0.4, -0.2) is 64.2 Å². The molecule has 6 nitrogen and oxygen atoms in total. The third kappa shape index (κ3) is 6.42. The summed E-state index contributed by atoms with van der Waals surface area (Å²) in [6, 6.07) is 10.1. The van der Waals surface area contributed by atoms with Crippen LogP contribution in [0.15, 0.2) is 24.3 Å². The second kappa shape index (κ2) is 10.3. The fourth-order valence-electron chi connectivity index (χ4n) is 3.69. The van der Waals surface area contributed by atoms with Crippen LogP contribution in [0.2, 0.25) is 0 Å². The Morgan fingerprint density at radius 2 is 1.42 bits per heavy atom. The number of hydrogen-bond acceptors (Lipinski definition) is 4. The highest BCUT2D eigenvalue weighted by Crippen LogP contribution is 2.22. The molecular formula is C20H30N2O4. The van der Waals surface area contributed by atoms with Crippen LogP contribution in [0.25, 0.3) is 0 Å². The molecule has 0 aliphatic carbocycles. The Balaban J connectivity index is 0.000000352. The second-order valence-corrected chi connectivity index (χ2v) is 7.03. The zero-order chi connectivity index (χ0) is 18.9. The maximum absolute atomic E-state index is 9.10. The first-order valence-corrected chi connectivity index (χ1v) is 9.50. The van der Waals surface area contributed by atoms with E-state index in [-0.39, 0.29) is 0 Å². The van der Waals surface area contributed by atoms with Gasteiger partial charge in [0.15, 0.2) is 0 Å². The van der Waals surface area contributed by atoms with Gasteiger partial charge in [-0.3, -0.25) is 4.90 Å². The molecule has 1 aromatic carbocycles. The van der Waals surface area contributed by atoms with Crippen molar-refractivity contribution in [3.8, 4) is 0 Å². The fourth-order valence-corrected chi connectivity index (χ4v) is 3.69. The Hall–Kier alpha value is -1.92. The molecule has 26 heavy (non-hydrogen) atoms. The Morgan fingerprint density at radius 3 is 1.88 bits per heavy atom. The number of carbonyl (C=O) groups is 2. The summed E-state index contributed by atoms with van der Waals surface area (Å²) in [6.07, 6.45) is 6.72. The number of nitrogens with zero attached hydrogens (tertiary/aromatic N) is 2. The molecule has 0 amide bonds. The summed E-state index contributed by atoms with van der Waals surface area (Å²) in [5.41, 5.74) is 2.92. The van der Waals surface area contributed by atoms with E-state index in [2.05, 4.69) is 41.0 Å². The summed E-state index contributed by atoms with van der Waals surface area (Å²) in [5, 5.41) is 14.8. The topological polar surface area (TPSA) is 81.1 Å². The number of carboxylic acid groups (broad SMARTS) is 2. The quantitative estimate of drug-likeness (QED) is 0.801. The normalized spacial score (nSPS) is 19.0. The summed E-state index contributed by atoms with van der Waals surface area (Å²) in [7, 11) is 0. The summed E-state index contributed by atoms with van der Waals surface area (Å²) in [4.78, 5) is 23.6. The number of carboxylic acids is 2. The van der Waals surface area contributed by atoms with Crippen LogP contribution in [0.5, 0.6) is 0 Å². The van der Waals surface area contributed by atoms with Crippen LogP contribution in [0.3, 0.4) is 0 Å². The molecular weight excluding hydrogens is 332 g/mol. The molecule has 0 radical (unpaired) electrons. The van der Waals surface area contributed by atoms with Gasteiger partial charge >= 0.3 is 11.9 Å². The van der Waals surface area contributed by atoms with Crippen LogP contribution >= 0.6 is 0 Å². The molecule has 0 aromatic heterocycles. The van der Waals surface area contributed by atoms with E-state index in [1.807, 2.05) is 0 Å². The van der Waals surface area contributed by atoms with Gasteiger partial charge in [0.25, 0.3) is 0 Å². The SMILES string of the molecule is CCc1ccc(CN2CCC(N3CCCC3)CC2)cc1.O=C(O)C(=O)O. The third-order valence-corrected chi connectivity index (χ3v) is 5.23.